The summed E-state index contributed by atoms with van der Waals surface area (Å²) >= 11 is 2.68. The second-order valence-corrected chi connectivity index (χ2v) is 12.2. The van der Waals surface area contributed by atoms with Crippen LogP contribution in [0.1, 0.15) is 39.8 Å². The van der Waals surface area contributed by atoms with E-state index < -0.39 is 9.84 Å². The molecule has 32 heavy (non-hydrogen) atoms. The Kier molecular flexibility index (Phi) is 6.68. The molecule has 4 rings (SSSR count). The number of sulfone groups is 1. The van der Waals surface area contributed by atoms with Crippen molar-refractivity contribution in [3.63, 3.8) is 0 Å². The monoisotopic (exact) mass is 494 g/mol. The van der Waals surface area contributed by atoms with Crippen molar-refractivity contribution in [2.24, 2.45) is 0 Å². The molecular weight excluding hydrogens is 471 g/mol. The lowest BCUT2D eigenvalue weighted by molar-refractivity contribution is 0.102. The average molecular weight is 495 g/mol. The van der Waals surface area contributed by atoms with Crippen molar-refractivity contribution in [2.75, 3.05) is 22.6 Å². The fourth-order valence-corrected chi connectivity index (χ4v) is 7.26. The highest BCUT2D eigenvalue weighted by Gasteiger charge is 2.31. The molecule has 0 aliphatic carbocycles. The molecule has 0 bridgehead atoms. The molecule has 11 heteroatoms. The first-order valence-electron chi connectivity index (χ1n) is 10.1. The molecular formula is C21H23FN4O3S3. The number of rotatable bonds is 8. The van der Waals surface area contributed by atoms with Gasteiger partial charge < -0.3 is 9.88 Å². The smallest absolute Gasteiger partial charge is 0.206 e. The van der Waals surface area contributed by atoms with Gasteiger partial charge in [-0.1, -0.05) is 35.2 Å². The van der Waals surface area contributed by atoms with E-state index in [0.717, 1.165) is 17.0 Å². The number of ketones is 1. The summed E-state index contributed by atoms with van der Waals surface area (Å²) in [5, 5.41) is 12.0. The van der Waals surface area contributed by atoms with Crippen LogP contribution < -0.4 is 5.32 Å². The van der Waals surface area contributed by atoms with Crippen molar-refractivity contribution in [1.29, 1.82) is 0 Å². The molecule has 0 saturated carbocycles. The molecule has 170 valence electrons. The molecule has 7 nitrogen and oxygen atoms in total. The SMILES string of the molecule is Cc1cc(C(=O)CSc2nnc(NCc3ccc(F)cc3)s2)c(C)n1C1CCS(=O)(=O)C1. The van der Waals surface area contributed by atoms with Gasteiger partial charge in [-0.15, -0.1) is 10.2 Å². The van der Waals surface area contributed by atoms with Crippen LogP contribution in [0.25, 0.3) is 0 Å². The Morgan fingerprint density at radius 1 is 1.28 bits per heavy atom. The van der Waals surface area contributed by atoms with Gasteiger partial charge in [-0.25, -0.2) is 12.8 Å². The van der Waals surface area contributed by atoms with Crippen molar-refractivity contribution in [2.45, 2.75) is 37.2 Å². The van der Waals surface area contributed by atoms with E-state index in [1.54, 1.807) is 12.1 Å². The molecule has 1 aromatic carbocycles. The summed E-state index contributed by atoms with van der Waals surface area (Å²) in [7, 11) is -3.00. The number of halogens is 1. The number of hydrogen-bond acceptors (Lipinski definition) is 8. The predicted molar refractivity (Wildman–Crippen MR) is 125 cm³/mol. The summed E-state index contributed by atoms with van der Waals surface area (Å²) in [6.45, 7) is 4.28. The summed E-state index contributed by atoms with van der Waals surface area (Å²) in [4.78, 5) is 12.8. The van der Waals surface area contributed by atoms with Crippen molar-refractivity contribution in [3.8, 4) is 0 Å². The van der Waals surface area contributed by atoms with Gasteiger partial charge >= 0.3 is 0 Å². The Morgan fingerprint density at radius 3 is 2.72 bits per heavy atom. The second kappa shape index (κ2) is 9.32. The lowest BCUT2D eigenvalue weighted by atomic mass is 10.2. The minimum absolute atomic E-state index is 0.0220. The number of hydrogen-bond donors (Lipinski definition) is 1. The van der Waals surface area contributed by atoms with Gasteiger partial charge in [0.15, 0.2) is 20.0 Å². The third-order valence-corrected chi connectivity index (χ3v) is 9.21. The minimum atomic E-state index is -3.00. The molecule has 1 aliphatic rings. The molecule has 1 atom stereocenters. The summed E-state index contributed by atoms with van der Waals surface area (Å²) in [5.41, 5.74) is 3.27. The maximum absolute atomic E-state index is 13.0. The van der Waals surface area contributed by atoms with E-state index >= 15 is 0 Å². The molecule has 0 amide bonds. The average Bonchev–Trinajstić information content (AvgIpc) is 3.43. The highest BCUT2D eigenvalue weighted by atomic mass is 32.2. The van der Waals surface area contributed by atoms with Crippen LogP contribution in [-0.4, -0.2) is 46.2 Å². The van der Waals surface area contributed by atoms with Crippen LogP contribution in [0.15, 0.2) is 34.7 Å². The minimum Gasteiger partial charge on any atom is -0.356 e. The zero-order chi connectivity index (χ0) is 22.9. The van der Waals surface area contributed by atoms with Gasteiger partial charge in [0.25, 0.3) is 0 Å². The van der Waals surface area contributed by atoms with E-state index in [1.165, 1.54) is 35.2 Å². The van der Waals surface area contributed by atoms with Crippen LogP contribution in [0.5, 0.6) is 0 Å². The standard InChI is InChI=1S/C21H23FN4O3S3/c1-13-9-18(14(2)26(13)17-7-8-32(28,29)12-17)19(27)11-30-21-25-24-20(31-21)23-10-15-3-5-16(22)6-4-15/h3-6,9,17H,7-8,10-12H2,1-2H3,(H,23,24). The number of benzene rings is 1. The Labute approximate surface area is 194 Å². The lowest BCUT2D eigenvalue weighted by Crippen LogP contribution is -2.14. The van der Waals surface area contributed by atoms with Crippen molar-refractivity contribution < 1.29 is 17.6 Å². The lowest BCUT2D eigenvalue weighted by Gasteiger charge is -2.16. The number of anilines is 1. The van der Waals surface area contributed by atoms with E-state index in [4.69, 9.17) is 0 Å². The topological polar surface area (TPSA) is 93.9 Å². The van der Waals surface area contributed by atoms with Crippen LogP contribution in [0.3, 0.4) is 0 Å². The van der Waals surface area contributed by atoms with Crippen LogP contribution in [0.4, 0.5) is 9.52 Å². The zero-order valence-electron chi connectivity index (χ0n) is 17.7. The Hall–Kier alpha value is -2.24. The van der Waals surface area contributed by atoms with Crippen LogP contribution in [0.2, 0.25) is 0 Å². The number of nitrogens with one attached hydrogen (secondary N) is 1. The first kappa shape index (κ1) is 22.9. The van der Waals surface area contributed by atoms with E-state index in [1.807, 2.05) is 24.5 Å². The molecule has 3 aromatic rings. The number of thioether (sulfide) groups is 1. The first-order valence-corrected chi connectivity index (χ1v) is 13.7. The number of aryl methyl sites for hydroxylation is 1. The van der Waals surface area contributed by atoms with Crippen LogP contribution >= 0.6 is 23.1 Å². The fraction of sp³-hybridized carbons (Fsp3) is 0.381. The van der Waals surface area contributed by atoms with E-state index in [2.05, 4.69) is 15.5 Å². The van der Waals surface area contributed by atoms with Gasteiger partial charge in [0.2, 0.25) is 5.13 Å². The van der Waals surface area contributed by atoms with E-state index in [-0.39, 0.29) is 34.9 Å². The van der Waals surface area contributed by atoms with Crippen LogP contribution in [0, 0.1) is 19.7 Å². The predicted octanol–water partition coefficient (Wildman–Crippen LogP) is 4.04. The molecule has 1 N–H and O–H groups in total. The second-order valence-electron chi connectivity index (χ2n) is 7.78. The molecule has 1 saturated heterocycles. The van der Waals surface area contributed by atoms with Gasteiger partial charge in [0.1, 0.15) is 5.82 Å². The number of nitrogens with zero attached hydrogens (tertiary/aromatic N) is 3. The number of aromatic nitrogens is 3. The van der Waals surface area contributed by atoms with Gasteiger partial charge in [0.05, 0.1) is 17.3 Å². The highest BCUT2D eigenvalue weighted by molar-refractivity contribution is 8.01. The first-order chi connectivity index (χ1) is 15.2. The Bertz CT molecular complexity index is 1240. The summed E-state index contributed by atoms with van der Waals surface area (Å²) < 4.78 is 39.4. The van der Waals surface area contributed by atoms with Gasteiger partial charge in [-0.3, -0.25) is 4.79 Å². The Morgan fingerprint density at radius 2 is 2.03 bits per heavy atom. The number of carbonyl (C=O) groups excluding carboxylic acids is 1. The summed E-state index contributed by atoms with van der Waals surface area (Å²) in [5.74, 6) is 0.250. The van der Waals surface area contributed by atoms with Crippen molar-refractivity contribution in [1.82, 2.24) is 14.8 Å². The van der Waals surface area contributed by atoms with Crippen LogP contribution in [-0.2, 0) is 16.4 Å². The van der Waals surface area contributed by atoms with E-state index in [0.29, 0.717) is 28.0 Å². The van der Waals surface area contributed by atoms with Crippen molar-refractivity contribution in [3.05, 3.63) is 58.7 Å². The quantitative estimate of drug-likeness (QED) is 0.373. The summed E-state index contributed by atoms with van der Waals surface area (Å²) in [6, 6.07) is 7.97. The molecule has 1 unspecified atom stereocenters. The molecule has 2 aromatic heterocycles. The zero-order valence-corrected chi connectivity index (χ0v) is 20.1. The van der Waals surface area contributed by atoms with Gasteiger partial charge in [-0.2, -0.15) is 0 Å². The van der Waals surface area contributed by atoms with Gasteiger partial charge in [-0.05, 0) is 44.0 Å². The molecule has 0 radical (unpaired) electrons. The molecule has 1 aliphatic heterocycles. The normalized spacial score (nSPS) is 17.5. The molecule has 0 spiro atoms. The summed E-state index contributed by atoms with van der Waals surface area (Å²) in [6.07, 6.45) is 0.583. The van der Waals surface area contributed by atoms with E-state index in [9.17, 15) is 17.6 Å². The third kappa shape index (κ3) is 5.21. The molecule has 1 fully saturated rings. The number of carbonyl (C=O) groups is 1. The highest BCUT2D eigenvalue weighted by Crippen LogP contribution is 2.31. The molecule has 3 heterocycles. The van der Waals surface area contributed by atoms with Crippen molar-refractivity contribution >= 4 is 43.9 Å². The Balaban J connectivity index is 1.35. The number of Topliss-reactive ketones (excluding diaryl/α,β-unsaturated/α-hetero) is 1. The maximum Gasteiger partial charge on any atom is 0.206 e. The largest absolute Gasteiger partial charge is 0.356 e. The fourth-order valence-electron chi connectivity index (χ4n) is 3.92. The van der Waals surface area contributed by atoms with Gasteiger partial charge in [0, 0.05) is 29.5 Å². The maximum atomic E-state index is 13.0. The third-order valence-electron chi connectivity index (χ3n) is 5.45.